The molecule has 8 nitrogen and oxygen atoms in total. The summed E-state index contributed by atoms with van der Waals surface area (Å²) in [5.74, 6) is 1.32. The number of pyridine rings is 1. The molecule has 0 radical (unpaired) electrons. The molecular weight excluding hydrogens is 396 g/mol. The average Bonchev–Trinajstić information content (AvgIpc) is 2.77. The molecule has 1 heterocycles. The highest BCUT2D eigenvalue weighted by Gasteiger charge is 2.10. The molecule has 0 bridgehead atoms. The van der Waals surface area contributed by atoms with Crippen molar-refractivity contribution in [2.45, 2.75) is 13.5 Å². The van der Waals surface area contributed by atoms with Crippen molar-refractivity contribution in [3.63, 3.8) is 0 Å². The lowest BCUT2D eigenvalue weighted by Crippen LogP contribution is -2.29. The van der Waals surface area contributed by atoms with Gasteiger partial charge in [0.05, 0.1) is 32.0 Å². The third-order valence-corrected chi connectivity index (χ3v) is 4.04. The first-order valence-corrected chi connectivity index (χ1v) is 9.46. The number of carboxylic acids is 1. The van der Waals surface area contributed by atoms with Crippen molar-refractivity contribution < 1.29 is 19.4 Å². The zero-order valence-electron chi connectivity index (χ0n) is 17.7. The van der Waals surface area contributed by atoms with Crippen LogP contribution < -0.4 is 20.1 Å². The van der Waals surface area contributed by atoms with Crippen molar-refractivity contribution in [2.75, 3.05) is 19.5 Å². The van der Waals surface area contributed by atoms with Gasteiger partial charge in [0.15, 0.2) is 5.96 Å². The number of anilines is 1. The molecule has 0 aliphatic rings. The maximum atomic E-state index is 9.00. The smallest absolute Gasteiger partial charge is 0.300 e. The number of ether oxygens (including phenoxy) is 2. The number of hydrogen-bond acceptors (Lipinski definition) is 5. The molecule has 0 saturated heterocycles. The highest BCUT2D eigenvalue weighted by molar-refractivity contribution is 5.90. The van der Waals surface area contributed by atoms with Gasteiger partial charge in [0.2, 0.25) is 0 Å². The number of guanidine groups is 1. The van der Waals surface area contributed by atoms with E-state index in [0.29, 0.717) is 23.9 Å². The van der Waals surface area contributed by atoms with Crippen molar-refractivity contribution in [3.05, 3.63) is 72.3 Å². The normalized spacial score (nSPS) is 9.65. The van der Waals surface area contributed by atoms with Crippen LogP contribution >= 0.6 is 0 Å². The molecule has 162 valence electrons. The molecule has 0 unspecified atom stereocenters. The third kappa shape index (κ3) is 7.36. The van der Waals surface area contributed by atoms with Gasteiger partial charge in [-0.15, -0.1) is 0 Å². The van der Waals surface area contributed by atoms with Gasteiger partial charge < -0.3 is 25.2 Å². The summed E-state index contributed by atoms with van der Waals surface area (Å²) >= 11 is 0. The van der Waals surface area contributed by atoms with E-state index >= 15 is 0 Å². The van der Waals surface area contributed by atoms with Gasteiger partial charge in [-0.05, 0) is 24.3 Å². The minimum absolute atomic E-state index is 0.140. The minimum Gasteiger partial charge on any atom is -0.496 e. The molecule has 0 saturated carbocycles. The Bertz CT molecular complexity index is 983. The monoisotopic (exact) mass is 422 g/mol. The number of nitrogens with zero attached hydrogens (tertiary/aromatic N) is 1. The van der Waals surface area contributed by atoms with Crippen molar-refractivity contribution in [1.82, 2.24) is 10.3 Å². The SMILES string of the molecule is CC(=O)O.COc1cccc(OC)c1CNC(=N)Nc1cccc(-c2ccccc2)n1. The van der Waals surface area contributed by atoms with Crippen LogP contribution in [0.3, 0.4) is 0 Å². The maximum absolute atomic E-state index is 9.00. The van der Waals surface area contributed by atoms with Crippen LogP contribution in [0.1, 0.15) is 12.5 Å². The highest BCUT2D eigenvalue weighted by Crippen LogP contribution is 2.27. The standard InChI is InChI=1S/C21H22N4O2.C2H4O2/c1-26-18-11-7-12-19(27-2)16(18)14-23-21(22)25-20-13-6-10-17(24-20)15-8-4-3-5-9-15;1-2(3)4/h3-13H,14H2,1-2H3,(H3,22,23,24,25);1H3,(H,3,4). The first-order valence-electron chi connectivity index (χ1n) is 9.46. The lowest BCUT2D eigenvalue weighted by molar-refractivity contribution is -0.134. The lowest BCUT2D eigenvalue weighted by Gasteiger charge is -2.15. The van der Waals surface area contributed by atoms with E-state index in [2.05, 4.69) is 15.6 Å². The zero-order chi connectivity index (χ0) is 22.6. The van der Waals surface area contributed by atoms with Crippen molar-refractivity contribution in [2.24, 2.45) is 0 Å². The Kier molecular flexibility index (Phi) is 8.85. The molecule has 2 aromatic carbocycles. The number of carboxylic acid groups (broad SMARTS) is 1. The van der Waals surface area contributed by atoms with Gasteiger partial charge in [0.1, 0.15) is 17.3 Å². The van der Waals surface area contributed by atoms with Gasteiger partial charge in [-0.3, -0.25) is 10.2 Å². The van der Waals surface area contributed by atoms with E-state index in [1.807, 2.05) is 66.7 Å². The number of aromatic nitrogens is 1. The first-order chi connectivity index (χ1) is 14.9. The van der Waals surface area contributed by atoms with Crippen molar-refractivity contribution >= 4 is 17.7 Å². The Morgan fingerprint density at radius 1 is 0.968 bits per heavy atom. The van der Waals surface area contributed by atoms with Gasteiger partial charge in [-0.25, -0.2) is 4.98 Å². The lowest BCUT2D eigenvalue weighted by atomic mass is 10.1. The second-order valence-corrected chi connectivity index (χ2v) is 6.29. The topological polar surface area (TPSA) is 117 Å². The number of carbonyl (C=O) groups is 1. The fraction of sp³-hybridized carbons (Fsp3) is 0.174. The molecule has 0 spiro atoms. The number of rotatable bonds is 6. The van der Waals surface area contributed by atoms with E-state index in [9.17, 15) is 0 Å². The first kappa shape index (κ1) is 23.2. The molecule has 0 fully saturated rings. The fourth-order valence-electron chi connectivity index (χ4n) is 2.73. The Hall–Kier alpha value is -4.07. The van der Waals surface area contributed by atoms with Crippen LogP contribution in [0.5, 0.6) is 11.5 Å². The Morgan fingerprint density at radius 3 is 2.13 bits per heavy atom. The van der Waals surface area contributed by atoms with Gasteiger partial charge in [-0.2, -0.15) is 0 Å². The molecule has 8 heteroatoms. The van der Waals surface area contributed by atoms with Crippen LogP contribution in [0, 0.1) is 5.41 Å². The number of aliphatic carboxylic acids is 1. The molecule has 4 N–H and O–H groups in total. The quantitative estimate of drug-likeness (QED) is 0.350. The predicted octanol–water partition coefficient (Wildman–Crippen LogP) is 3.99. The Labute approximate surface area is 181 Å². The van der Waals surface area contributed by atoms with E-state index in [-0.39, 0.29) is 5.96 Å². The fourth-order valence-corrected chi connectivity index (χ4v) is 2.73. The van der Waals surface area contributed by atoms with E-state index < -0.39 is 5.97 Å². The van der Waals surface area contributed by atoms with Crippen molar-refractivity contribution in [3.8, 4) is 22.8 Å². The van der Waals surface area contributed by atoms with Crippen LogP contribution in [0.15, 0.2) is 66.7 Å². The van der Waals surface area contributed by atoms with Gasteiger partial charge >= 0.3 is 0 Å². The Balaban J connectivity index is 0.000000785. The number of nitrogens with one attached hydrogen (secondary N) is 3. The second-order valence-electron chi connectivity index (χ2n) is 6.29. The van der Waals surface area contributed by atoms with E-state index in [4.69, 9.17) is 24.8 Å². The molecule has 0 atom stereocenters. The summed E-state index contributed by atoms with van der Waals surface area (Å²) in [5.41, 5.74) is 2.72. The third-order valence-electron chi connectivity index (χ3n) is 4.04. The molecule has 0 aliphatic heterocycles. The second kappa shape index (κ2) is 11.8. The van der Waals surface area contributed by atoms with Crippen LogP contribution in [-0.2, 0) is 11.3 Å². The number of hydrogen-bond donors (Lipinski definition) is 4. The summed E-state index contributed by atoms with van der Waals surface area (Å²) in [7, 11) is 3.22. The van der Waals surface area contributed by atoms with Crippen molar-refractivity contribution in [1.29, 1.82) is 5.41 Å². The summed E-state index contributed by atoms with van der Waals surface area (Å²) in [6.45, 7) is 1.47. The van der Waals surface area contributed by atoms with Crippen LogP contribution in [0.25, 0.3) is 11.3 Å². The van der Waals surface area contributed by atoms with Gasteiger partial charge in [0.25, 0.3) is 5.97 Å². The van der Waals surface area contributed by atoms with Gasteiger partial charge in [-0.1, -0.05) is 42.5 Å². The molecular formula is C23H26N4O4. The summed E-state index contributed by atoms with van der Waals surface area (Å²) < 4.78 is 10.8. The average molecular weight is 422 g/mol. The number of benzene rings is 2. The van der Waals surface area contributed by atoms with Crippen LogP contribution in [0.4, 0.5) is 5.82 Å². The van der Waals surface area contributed by atoms with E-state index in [1.165, 1.54) is 0 Å². The zero-order valence-corrected chi connectivity index (χ0v) is 17.7. The summed E-state index contributed by atoms with van der Waals surface area (Å²) in [6.07, 6.45) is 0. The predicted molar refractivity (Wildman–Crippen MR) is 121 cm³/mol. The minimum atomic E-state index is -0.833. The van der Waals surface area contributed by atoms with E-state index in [1.54, 1.807) is 14.2 Å². The molecule has 31 heavy (non-hydrogen) atoms. The largest absolute Gasteiger partial charge is 0.496 e. The molecule has 3 rings (SSSR count). The Morgan fingerprint density at radius 2 is 1.55 bits per heavy atom. The molecule has 0 aliphatic carbocycles. The summed E-state index contributed by atoms with van der Waals surface area (Å²) in [5, 5.41) is 21.6. The molecule has 3 aromatic rings. The molecule has 1 aromatic heterocycles. The van der Waals surface area contributed by atoms with E-state index in [0.717, 1.165) is 23.7 Å². The maximum Gasteiger partial charge on any atom is 0.300 e. The highest BCUT2D eigenvalue weighted by atomic mass is 16.5. The summed E-state index contributed by atoms with van der Waals surface area (Å²) in [6, 6.07) is 21.2. The molecule has 0 amide bonds. The van der Waals surface area contributed by atoms with Crippen LogP contribution in [-0.4, -0.2) is 36.2 Å². The van der Waals surface area contributed by atoms with Crippen LogP contribution in [0.2, 0.25) is 0 Å². The van der Waals surface area contributed by atoms with Gasteiger partial charge in [0, 0.05) is 12.5 Å². The summed E-state index contributed by atoms with van der Waals surface area (Å²) in [4.78, 5) is 13.6. The number of methoxy groups -OCH3 is 2.